The van der Waals surface area contributed by atoms with Gasteiger partial charge in [-0.15, -0.1) is 0 Å². The highest BCUT2D eigenvalue weighted by Crippen LogP contribution is 2.16. The highest BCUT2D eigenvalue weighted by molar-refractivity contribution is 5.92. The van der Waals surface area contributed by atoms with Gasteiger partial charge in [-0.2, -0.15) is 0 Å². The summed E-state index contributed by atoms with van der Waals surface area (Å²) < 4.78 is 0. The molecule has 0 heterocycles. The molecule has 1 amide bonds. The summed E-state index contributed by atoms with van der Waals surface area (Å²) in [6.45, 7) is 2.68. The number of nitrogens with two attached hydrogens (primary N) is 2. The zero-order valence-corrected chi connectivity index (χ0v) is 9.36. The Labute approximate surface area is 95.3 Å². The molecule has 4 heteroatoms. The van der Waals surface area contributed by atoms with Crippen molar-refractivity contribution in [2.45, 2.75) is 13.3 Å². The van der Waals surface area contributed by atoms with Gasteiger partial charge in [0.25, 0.3) is 0 Å². The van der Waals surface area contributed by atoms with Gasteiger partial charge in [-0.05, 0) is 36.3 Å². The molecule has 1 aromatic rings. The Morgan fingerprint density at radius 3 is 2.88 bits per heavy atom. The highest BCUT2D eigenvalue weighted by atomic mass is 16.1. The third kappa shape index (κ3) is 3.65. The molecule has 0 atom stereocenters. The maximum atomic E-state index is 11.3. The van der Waals surface area contributed by atoms with E-state index < -0.39 is 0 Å². The molecule has 0 bridgehead atoms. The summed E-state index contributed by atoms with van der Waals surface area (Å²) in [5, 5.41) is 2.74. The van der Waals surface area contributed by atoms with Crippen LogP contribution in [0.25, 0.3) is 6.08 Å². The Morgan fingerprint density at radius 1 is 1.44 bits per heavy atom. The van der Waals surface area contributed by atoms with Crippen molar-refractivity contribution in [3.63, 3.8) is 0 Å². The van der Waals surface area contributed by atoms with Crippen LogP contribution in [0.4, 0.5) is 11.4 Å². The van der Waals surface area contributed by atoms with E-state index in [1.54, 1.807) is 24.3 Å². The summed E-state index contributed by atoms with van der Waals surface area (Å²) >= 11 is 0. The fourth-order valence-corrected chi connectivity index (χ4v) is 1.21. The molecule has 0 aliphatic carbocycles. The molecular formula is C12H17N3O. The number of rotatable bonds is 4. The first-order valence-corrected chi connectivity index (χ1v) is 5.24. The van der Waals surface area contributed by atoms with Crippen LogP contribution in [0.15, 0.2) is 24.3 Å². The molecule has 5 N–H and O–H groups in total. The fourth-order valence-electron chi connectivity index (χ4n) is 1.21. The summed E-state index contributed by atoms with van der Waals surface area (Å²) in [5.41, 5.74) is 13.4. The van der Waals surface area contributed by atoms with Crippen molar-refractivity contribution in [3.8, 4) is 0 Å². The van der Waals surface area contributed by atoms with Crippen molar-refractivity contribution in [1.82, 2.24) is 5.32 Å². The maximum absolute atomic E-state index is 11.3. The molecule has 0 aromatic heterocycles. The molecule has 1 rings (SSSR count). The minimum Gasteiger partial charge on any atom is -0.399 e. The molecule has 86 valence electrons. The lowest BCUT2D eigenvalue weighted by molar-refractivity contribution is -0.116. The first-order chi connectivity index (χ1) is 7.63. The number of hydrogen-bond acceptors (Lipinski definition) is 3. The standard InChI is InChI=1S/C12H17N3O/c1-2-7-15-12(16)6-3-9-8-10(13)4-5-11(9)14/h3-6,8H,2,7,13-14H2,1H3,(H,15,16)/b6-3+. The van der Waals surface area contributed by atoms with Crippen molar-refractivity contribution in [2.24, 2.45) is 0 Å². The molecule has 0 radical (unpaired) electrons. The number of amides is 1. The monoisotopic (exact) mass is 219 g/mol. The Bertz CT molecular complexity index is 399. The van der Waals surface area contributed by atoms with Gasteiger partial charge in [0.1, 0.15) is 0 Å². The predicted octanol–water partition coefficient (Wildman–Crippen LogP) is 1.39. The lowest BCUT2D eigenvalue weighted by atomic mass is 10.1. The summed E-state index contributed by atoms with van der Waals surface area (Å²) in [4.78, 5) is 11.3. The van der Waals surface area contributed by atoms with E-state index in [4.69, 9.17) is 11.5 Å². The average Bonchev–Trinajstić information content (AvgIpc) is 2.27. The van der Waals surface area contributed by atoms with E-state index in [-0.39, 0.29) is 5.91 Å². The van der Waals surface area contributed by atoms with E-state index in [0.717, 1.165) is 12.0 Å². The van der Waals surface area contributed by atoms with Crippen molar-refractivity contribution >= 4 is 23.4 Å². The van der Waals surface area contributed by atoms with Crippen LogP contribution in [-0.2, 0) is 4.79 Å². The first kappa shape index (κ1) is 12.1. The SMILES string of the molecule is CCCNC(=O)/C=C/c1cc(N)ccc1N. The lowest BCUT2D eigenvalue weighted by Gasteiger charge is -2.02. The minimum atomic E-state index is -0.122. The second-order valence-corrected chi connectivity index (χ2v) is 3.51. The van der Waals surface area contributed by atoms with Gasteiger partial charge in [-0.25, -0.2) is 0 Å². The van der Waals surface area contributed by atoms with Crippen LogP contribution in [0.3, 0.4) is 0 Å². The van der Waals surface area contributed by atoms with Crippen molar-refractivity contribution in [2.75, 3.05) is 18.0 Å². The average molecular weight is 219 g/mol. The third-order valence-electron chi connectivity index (χ3n) is 2.07. The van der Waals surface area contributed by atoms with E-state index in [1.165, 1.54) is 6.08 Å². The van der Waals surface area contributed by atoms with Gasteiger partial charge in [-0.3, -0.25) is 4.79 Å². The molecule has 0 spiro atoms. The zero-order valence-electron chi connectivity index (χ0n) is 9.36. The van der Waals surface area contributed by atoms with Crippen LogP contribution in [0, 0.1) is 0 Å². The van der Waals surface area contributed by atoms with Gasteiger partial charge >= 0.3 is 0 Å². The van der Waals surface area contributed by atoms with Crippen LogP contribution >= 0.6 is 0 Å². The summed E-state index contributed by atoms with van der Waals surface area (Å²) in [6.07, 6.45) is 4.04. The second-order valence-electron chi connectivity index (χ2n) is 3.51. The predicted molar refractivity (Wildman–Crippen MR) is 67.6 cm³/mol. The van der Waals surface area contributed by atoms with E-state index in [1.807, 2.05) is 6.92 Å². The third-order valence-corrected chi connectivity index (χ3v) is 2.07. The van der Waals surface area contributed by atoms with Gasteiger partial charge in [-0.1, -0.05) is 6.92 Å². The highest BCUT2D eigenvalue weighted by Gasteiger charge is 1.97. The van der Waals surface area contributed by atoms with Crippen molar-refractivity contribution < 1.29 is 4.79 Å². The second kappa shape index (κ2) is 5.80. The summed E-state index contributed by atoms with van der Waals surface area (Å²) in [6, 6.07) is 5.18. The molecule has 16 heavy (non-hydrogen) atoms. The molecular weight excluding hydrogens is 202 g/mol. The van der Waals surface area contributed by atoms with Crippen LogP contribution in [0.5, 0.6) is 0 Å². The van der Waals surface area contributed by atoms with Crippen LogP contribution in [0.1, 0.15) is 18.9 Å². The van der Waals surface area contributed by atoms with E-state index >= 15 is 0 Å². The summed E-state index contributed by atoms with van der Waals surface area (Å²) in [5.74, 6) is -0.122. The van der Waals surface area contributed by atoms with Gasteiger partial charge < -0.3 is 16.8 Å². The molecule has 1 aromatic carbocycles. The molecule has 0 aliphatic rings. The number of carbonyl (C=O) groups excluding carboxylic acids is 1. The van der Waals surface area contributed by atoms with Crippen LogP contribution in [-0.4, -0.2) is 12.5 Å². The minimum absolute atomic E-state index is 0.122. The van der Waals surface area contributed by atoms with E-state index in [9.17, 15) is 4.79 Å². The number of carbonyl (C=O) groups is 1. The molecule has 0 saturated carbocycles. The largest absolute Gasteiger partial charge is 0.399 e. The van der Waals surface area contributed by atoms with Crippen LogP contribution < -0.4 is 16.8 Å². The Morgan fingerprint density at radius 2 is 2.19 bits per heavy atom. The topological polar surface area (TPSA) is 81.1 Å². The normalized spacial score (nSPS) is 10.6. The van der Waals surface area contributed by atoms with Gasteiger partial charge in [0.2, 0.25) is 5.91 Å². The Balaban J connectivity index is 2.68. The van der Waals surface area contributed by atoms with Crippen molar-refractivity contribution in [1.29, 1.82) is 0 Å². The number of benzene rings is 1. The smallest absolute Gasteiger partial charge is 0.244 e. The molecule has 0 aliphatic heterocycles. The number of hydrogen-bond donors (Lipinski definition) is 3. The Hall–Kier alpha value is -1.97. The Kier molecular flexibility index (Phi) is 4.39. The van der Waals surface area contributed by atoms with E-state index in [0.29, 0.717) is 17.9 Å². The molecule has 0 fully saturated rings. The number of anilines is 2. The quantitative estimate of drug-likeness (QED) is 0.528. The number of nitrogens with one attached hydrogen (secondary N) is 1. The first-order valence-electron chi connectivity index (χ1n) is 5.24. The molecule has 4 nitrogen and oxygen atoms in total. The lowest BCUT2D eigenvalue weighted by Crippen LogP contribution is -2.21. The van der Waals surface area contributed by atoms with E-state index in [2.05, 4.69) is 5.32 Å². The molecule has 0 saturated heterocycles. The van der Waals surface area contributed by atoms with Crippen LogP contribution in [0.2, 0.25) is 0 Å². The van der Waals surface area contributed by atoms with Crippen molar-refractivity contribution in [3.05, 3.63) is 29.8 Å². The number of nitrogen functional groups attached to an aromatic ring is 2. The summed E-state index contributed by atoms with van der Waals surface area (Å²) in [7, 11) is 0. The van der Waals surface area contributed by atoms with Gasteiger partial charge in [0.15, 0.2) is 0 Å². The molecule has 0 unspecified atom stereocenters. The van der Waals surface area contributed by atoms with Gasteiger partial charge in [0, 0.05) is 24.0 Å². The maximum Gasteiger partial charge on any atom is 0.244 e. The fraction of sp³-hybridized carbons (Fsp3) is 0.250. The van der Waals surface area contributed by atoms with Gasteiger partial charge in [0.05, 0.1) is 0 Å². The zero-order chi connectivity index (χ0) is 12.0.